The lowest BCUT2D eigenvalue weighted by atomic mass is 9.95. The lowest BCUT2D eigenvalue weighted by Gasteiger charge is -2.20. The van der Waals surface area contributed by atoms with Gasteiger partial charge in [-0.25, -0.2) is 0 Å². The van der Waals surface area contributed by atoms with Crippen molar-refractivity contribution in [3.05, 3.63) is 75.5 Å². The largest absolute Gasteiger partial charge is 0.481 e. The van der Waals surface area contributed by atoms with Gasteiger partial charge >= 0.3 is 5.97 Å². The summed E-state index contributed by atoms with van der Waals surface area (Å²) in [6, 6.07) is 11.0. The zero-order valence-electron chi connectivity index (χ0n) is 25.5. The maximum absolute atomic E-state index is 10.6. The summed E-state index contributed by atoms with van der Waals surface area (Å²) in [5.41, 5.74) is 5.56. The first-order valence-electron chi connectivity index (χ1n) is 13.2. The summed E-state index contributed by atoms with van der Waals surface area (Å²) >= 11 is 3.72. The molecule has 0 amide bonds. The summed E-state index contributed by atoms with van der Waals surface area (Å²) in [4.78, 5) is 13.5. The number of aliphatic carboxylic acids is 1. The number of hydrogen-bond acceptors (Lipinski definition) is 4. The molecule has 0 aliphatic carbocycles. The second-order valence-electron chi connectivity index (χ2n) is 8.62. The normalized spacial score (nSPS) is 13.2. The summed E-state index contributed by atoms with van der Waals surface area (Å²) in [5.74, 6) is -0.206. The predicted molar refractivity (Wildman–Crippen MR) is 177 cm³/mol. The number of allylic oxidation sites excluding steroid dienone is 4. The Morgan fingerprint density at radius 3 is 2.05 bits per heavy atom. The number of thiophene rings is 1. The van der Waals surface area contributed by atoms with Crippen molar-refractivity contribution in [1.29, 1.82) is 0 Å². The molecular formula is C32H50O3S3. The minimum Gasteiger partial charge on any atom is -0.481 e. The first kappa shape index (κ1) is 38.3. The highest BCUT2D eigenvalue weighted by atomic mass is 32.2. The van der Waals surface area contributed by atoms with Crippen molar-refractivity contribution in [2.45, 2.75) is 87.8 Å². The molecule has 0 spiro atoms. The number of carboxylic acid groups (broad SMARTS) is 1. The van der Waals surface area contributed by atoms with Crippen LogP contribution in [-0.4, -0.2) is 26.8 Å². The highest BCUT2D eigenvalue weighted by Gasteiger charge is 2.17. The van der Waals surface area contributed by atoms with Gasteiger partial charge in [-0.3, -0.25) is 9.00 Å². The average molecular weight is 579 g/mol. The predicted octanol–water partition coefficient (Wildman–Crippen LogP) is 10.6. The maximum Gasteiger partial charge on any atom is 0.303 e. The van der Waals surface area contributed by atoms with Crippen molar-refractivity contribution in [1.82, 2.24) is 0 Å². The zero-order valence-corrected chi connectivity index (χ0v) is 28.0. The van der Waals surface area contributed by atoms with E-state index in [1.807, 2.05) is 62.9 Å². The van der Waals surface area contributed by atoms with E-state index in [1.54, 1.807) is 13.2 Å². The standard InChI is InChI=1S/C21H26S2.C6H12OS.C3H6O2.C2H6/c1-7-16(5)23-21(17(6)14(2)3)20-15(4)10-8-11-18(20)19-12-9-13-22-19;1-4-5-6(2)8(3)7;1-2-3(4)5;1-2/h7-14H,1-6H3;4-6H,1-3H3;2H2,1H3,(H,4,5);1-2H3/b16-7+,21-17+;5-4-;;. The van der Waals surface area contributed by atoms with Gasteiger partial charge in [-0.2, -0.15) is 0 Å². The minimum atomic E-state index is -0.745. The molecule has 0 aliphatic heterocycles. The quantitative estimate of drug-likeness (QED) is 0.317. The topological polar surface area (TPSA) is 54.4 Å². The summed E-state index contributed by atoms with van der Waals surface area (Å²) in [7, 11) is -0.697. The maximum atomic E-state index is 10.6. The van der Waals surface area contributed by atoms with E-state index < -0.39 is 16.8 Å². The smallest absolute Gasteiger partial charge is 0.303 e. The fourth-order valence-electron chi connectivity index (χ4n) is 2.80. The van der Waals surface area contributed by atoms with Crippen LogP contribution >= 0.6 is 23.1 Å². The van der Waals surface area contributed by atoms with Gasteiger partial charge < -0.3 is 5.11 Å². The molecule has 3 nitrogen and oxygen atoms in total. The van der Waals surface area contributed by atoms with E-state index in [-0.39, 0.29) is 11.7 Å². The Balaban J connectivity index is 0. The van der Waals surface area contributed by atoms with Crippen molar-refractivity contribution in [3.63, 3.8) is 0 Å². The number of hydrogen-bond donors (Lipinski definition) is 1. The first-order chi connectivity index (χ1) is 17.9. The molecule has 214 valence electrons. The monoisotopic (exact) mass is 578 g/mol. The van der Waals surface area contributed by atoms with E-state index in [1.165, 1.54) is 37.0 Å². The molecule has 1 aromatic heterocycles. The van der Waals surface area contributed by atoms with Crippen LogP contribution in [0.5, 0.6) is 0 Å². The van der Waals surface area contributed by atoms with E-state index in [4.69, 9.17) is 5.11 Å². The Morgan fingerprint density at radius 2 is 1.68 bits per heavy atom. The fourth-order valence-corrected chi connectivity index (χ4v) is 5.14. The Bertz CT molecular complexity index is 1050. The lowest BCUT2D eigenvalue weighted by molar-refractivity contribution is -0.136. The van der Waals surface area contributed by atoms with Crippen LogP contribution < -0.4 is 0 Å². The van der Waals surface area contributed by atoms with E-state index >= 15 is 0 Å². The van der Waals surface area contributed by atoms with Crippen LogP contribution in [0.2, 0.25) is 0 Å². The Labute approximate surface area is 244 Å². The third-order valence-electron chi connectivity index (χ3n) is 5.47. The molecule has 2 unspecified atom stereocenters. The molecule has 6 heteroatoms. The molecule has 1 N–H and O–H groups in total. The Morgan fingerprint density at radius 1 is 1.11 bits per heavy atom. The van der Waals surface area contributed by atoms with Crippen LogP contribution in [0.3, 0.4) is 0 Å². The zero-order chi connectivity index (χ0) is 29.8. The van der Waals surface area contributed by atoms with Crippen LogP contribution in [0.15, 0.2) is 64.4 Å². The van der Waals surface area contributed by atoms with Gasteiger partial charge in [0.1, 0.15) is 0 Å². The molecule has 1 aromatic carbocycles. The fraction of sp³-hybridized carbons (Fsp3) is 0.469. The Hall–Kier alpha value is -1.89. The second kappa shape index (κ2) is 22.0. The molecule has 0 saturated carbocycles. The third kappa shape index (κ3) is 14.9. The summed E-state index contributed by atoms with van der Waals surface area (Å²) in [5, 5.41) is 10.1. The SMILES string of the molecule is C/C=C(\C)S/C(=C(\C)C(C)C)c1c(C)cccc1-c1cccs1.C/C=C\C(C)S(C)=O.CC.CCC(=O)O. The van der Waals surface area contributed by atoms with Gasteiger partial charge in [0.2, 0.25) is 0 Å². The van der Waals surface area contributed by atoms with E-state index in [9.17, 15) is 9.00 Å². The number of aryl methyl sites for hydroxylation is 1. The molecule has 1 heterocycles. The summed E-state index contributed by atoms with van der Waals surface area (Å²) in [6.45, 7) is 22.9. The van der Waals surface area contributed by atoms with Crippen LogP contribution in [0.25, 0.3) is 15.3 Å². The van der Waals surface area contributed by atoms with Crippen LogP contribution in [0.4, 0.5) is 0 Å². The summed E-state index contributed by atoms with van der Waals surface area (Å²) < 4.78 is 10.6. The molecule has 0 radical (unpaired) electrons. The highest BCUT2D eigenvalue weighted by Crippen LogP contribution is 2.44. The van der Waals surface area contributed by atoms with Crippen molar-refractivity contribution >= 4 is 44.8 Å². The van der Waals surface area contributed by atoms with Gasteiger partial charge in [0.15, 0.2) is 0 Å². The molecule has 0 aliphatic rings. The molecule has 0 fully saturated rings. The van der Waals surface area contributed by atoms with Crippen molar-refractivity contribution in [2.24, 2.45) is 5.92 Å². The molecule has 2 rings (SSSR count). The van der Waals surface area contributed by atoms with Gasteiger partial charge in [-0.05, 0) is 74.9 Å². The summed E-state index contributed by atoms with van der Waals surface area (Å²) in [6.07, 6.45) is 7.99. The van der Waals surface area contributed by atoms with Crippen LogP contribution in [0.1, 0.15) is 86.8 Å². The first-order valence-corrected chi connectivity index (χ1v) is 16.5. The number of benzene rings is 1. The number of carboxylic acids is 1. The van der Waals surface area contributed by atoms with Gasteiger partial charge in [0, 0.05) is 44.1 Å². The number of carbonyl (C=O) groups is 1. The van der Waals surface area contributed by atoms with Gasteiger partial charge in [0.05, 0.1) is 0 Å². The molecule has 2 atom stereocenters. The minimum absolute atomic E-state index is 0.208. The lowest BCUT2D eigenvalue weighted by Crippen LogP contribution is -2.03. The van der Waals surface area contributed by atoms with Crippen molar-refractivity contribution in [2.75, 3.05) is 6.26 Å². The molecule has 0 bridgehead atoms. The molecular weight excluding hydrogens is 529 g/mol. The Kier molecular flexibility index (Phi) is 22.1. The van der Waals surface area contributed by atoms with Crippen molar-refractivity contribution in [3.8, 4) is 10.4 Å². The van der Waals surface area contributed by atoms with E-state index in [0.717, 1.165) is 0 Å². The van der Waals surface area contributed by atoms with Crippen LogP contribution in [0, 0.1) is 12.8 Å². The average Bonchev–Trinajstić information content (AvgIpc) is 3.43. The van der Waals surface area contributed by atoms with Crippen LogP contribution in [-0.2, 0) is 15.6 Å². The molecule has 2 aromatic rings. The molecule has 0 saturated heterocycles. The van der Waals surface area contributed by atoms with Crippen molar-refractivity contribution < 1.29 is 14.1 Å². The highest BCUT2D eigenvalue weighted by molar-refractivity contribution is 8.11. The number of thioether (sulfide) groups is 1. The van der Waals surface area contributed by atoms with Gasteiger partial charge in [0.25, 0.3) is 0 Å². The second-order valence-corrected chi connectivity index (χ2v) is 12.6. The third-order valence-corrected chi connectivity index (χ3v) is 8.87. The number of rotatable bonds is 8. The molecule has 38 heavy (non-hydrogen) atoms. The van der Waals surface area contributed by atoms with E-state index in [2.05, 4.69) is 83.3 Å². The van der Waals surface area contributed by atoms with Gasteiger partial charge in [-0.1, -0.05) is 94.4 Å². The van der Waals surface area contributed by atoms with E-state index in [0.29, 0.717) is 5.92 Å². The van der Waals surface area contributed by atoms with Gasteiger partial charge in [-0.15, -0.1) is 11.3 Å².